The first kappa shape index (κ1) is 12.2. The van der Waals surface area contributed by atoms with Crippen LogP contribution in [-0.2, 0) is 14.6 Å². The number of nitrogens with one attached hydrogen (secondary N) is 1. The fourth-order valence-electron chi connectivity index (χ4n) is 1.93. The molecule has 0 aromatic heterocycles. The van der Waals surface area contributed by atoms with E-state index in [0.29, 0.717) is 19.5 Å². The standard InChI is InChI=1S/C9H16N2O3S2/c12-9(8-6-15-7-10-8)11-2-1-4-16(13,14)5-3-11/h8,10H,1-7H2. The van der Waals surface area contributed by atoms with Crippen LogP contribution in [0.25, 0.3) is 0 Å². The number of carbonyl (C=O) groups is 1. The summed E-state index contributed by atoms with van der Waals surface area (Å²) in [6.07, 6.45) is 0.563. The topological polar surface area (TPSA) is 66.5 Å². The van der Waals surface area contributed by atoms with Crippen molar-refractivity contribution in [2.75, 3.05) is 36.2 Å². The molecule has 0 bridgehead atoms. The molecule has 0 aromatic carbocycles. The van der Waals surface area contributed by atoms with E-state index < -0.39 is 9.84 Å². The van der Waals surface area contributed by atoms with Crippen LogP contribution in [0.3, 0.4) is 0 Å². The van der Waals surface area contributed by atoms with Gasteiger partial charge < -0.3 is 4.90 Å². The number of hydrogen-bond acceptors (Lipinski definition) is 5. The maximum absolute atomic E-state index is 12.0. The predicted molar refractivity (Wildman–Crippen MR) is 64.1 cm³/mol. The van der Waals surface area contributed by atoms with E-state index in [1.54, 1.807) is 16.7 Å². The highest BCUT2D eigenvalue weighted by Gasteiger charge is 2.29. The Morgan fingerprint density at radius 2 is 2.12 bits per heavy atom. The molecule has 0 spiro atoms. The molecule has 0 aliphatic carbocycles. The third-order valence-corrected chi connectivity index (χ3v) is 5.54. The van der Waals surface area contributed by atoms with Crippen LogP contribution in [0.4, 0.5) is 0 Å². The minimum Gasteiger partial charge on any atom is -0.340 e. The molecule has 1 amide bonds. The van der Waals surface area contributed by atoms with E-state index in [0.717, 1.165) is 11.6 Å². The van der Waals surface area contributed by atoms with Gasteiger partial charge in [0, 0.05) is 24.7 Å². The SMILES string of the molecule is O=C(C1CSCN1)N1CCCS(=O)(=O)CC1. The number of sulfone groups is 1. The van der Waals surface area contributed by atoms with Crippen molar-refractivity contribution in [2.45, 2.75) is 12.5 Å². The van der Waals surface area contributed by atoms with Crippen LogP contribution >= 0.6 is 11.8 Å². The van der Waals surface area contributed by atoms with Gasteiger partial charge in [-0.15, -0.1) is 11.8 Å². The van der Waals surface area contributed by atoms with Crippen molar-refractivity contribution in [3.8, 4) is 0 Å². The second-order valence-corrected chi connectivity index (χ2v) is 7.44. The van der Waals surface area contributed by atoms with Crippen LogP contribution < -0.4 is 5.32 Å². The second kappa shape index (κ2) is 4.93. The average molecular weight is 264 g/mol. The van der Waals surface area contributed by atoms with Gasteiger partial charge in [-0.1, -0.05) is 0 Å². The van der Waals surface area contributed by atoms with Crippen molar-refractivity contribution in [3.05, 3.63) is 0 Å². The third-order valence-electron chi connectivity index (χ3n) is 2.88. The van der Waals surface area contributed by atoms with Gasteiger partial charge in [-0.3, -0.25) is 10.1 Å². The first-order valence-electron chi connectivity index (χ1n) is 5.39. The average Bonchev–Trinajstić information content (AvgIpc) is 2.69. The lowest BCUT2D eigenvalue weighted by Gasteiger charge is -2.22. The Labute approximate surface area is 99.9 Å². The number of amides is 1. The molecule has 2 rings (SSSR count). The fraction of sp³-hybridized carbons (Fsp3) is 0.889. The summed E-state index contributed by atoms with van der Waals surface area (Å²) in [4.78, 5) is 13.7. The largest absolute Gasteiger partial charge is 0.340 e. The molecule has 92 valence electrons. The van der Waals surface area contributed by atoms with Crippen LogP contribution in [-0.4, -0.2) is 61.5 Å². The number of thioether (sulfide) groups is 1. The molecule has 1 atom stereocenters. The van der Waals surface area contributed by atoms with Crippen molar-refractivity contribution < 1.29 is 13.2 Å². The minimum atomic E-state index is -2.93. The highest BCUT2D eigenvalue weighted by atomic mass is 32.2. The molecule has 0 radical (unpaired) electrons. The van der Waals surface area contributed by atoms with Crippen LogP contribution in [0.5, 0.6) is 0 Å². The molecule has 2 aliphatic heterocycles. The van der Waals surface area contributed by atoms with Gasteiger partial charge >= 0.3 is 0 Å². The number of carbonyl (C=O) groups excluding carboxylic acids is 1. The van der Waals surface area contributed by atoms with E-state index in [1.807, 2.05) is 0 Å². The molecule has 0 saturated carbocycles. The zero-order valence-corrected chi connectivity index (χ0v) is 10.6. The van der Waals surface area contributed by atoms with Crippen LogP contribution in [0.2, 0.25) is 0 Å². The lowest BCUT2D eigenvalue weighted by atomic mass is 10.2. The molecule has 7 heteroatoms. The number of rotatable bonds is 1. The maximum atomic E-state index is 12.0. The van der Waals surface area contributed by atoms with E-state index in [9.17, 15) is 13.2 Å². The Balaban J connectivity index is 1.96. The van der Waals surface area contributed by atoms with Crippen molar-refractivity contribution >= 4 is 27.5 Å². The highest BCUT2D eigenvalue weighted by Crippen LogP contribution is 2.13. The fourth-order valence-corrected chi connectivity index (χ4v) is 4.14. The summed E-state index contributed by atoms with van der Waals surface area (Å²) in [5.41, 5.74) is 0. The summed E-state index contributed by atoms with van der Waals surface area (Å²) >= 11 is 1.70. The van der Waals surface area contributed by atoms with Crippen LogP contribution in [0.1, 0.15) is 6.42 Å². The van der Waals surface area contributed by atoms with E-state index in [2.05, 4.69) is 5.32 Å². The minimum absolute atomic E-state index is 0.0575. The molecule has 2 saturated heterocycles. The summed E-state index contributed by atoms with van der Waals surface area (Å²) in [5, 5.41) is 3.12. The van der Waals surface area contributed by atoms with Crippen LogP contribution in [0, 0.1) is 0 Å². The predicted octanol–water partition coefficient (Wildman–Crippen LogP) is -0.704. The van der Waals surface area contributed by atoms with Crippen LogP contribution in [0.15, 0.2) is 0 Å². The molecule has 0 aromatic rings. The first-order chi connectivity index (χ1) is 7.58. The Morgan fingerprint density at radius 1 is 1.31 bits per heavy atom. The maximum Gasteiger partial charge on any atom is 0.240 e. The number of nitrogens with zero attached hydrogens (tertiary/aromatic N) is 1. The lowest BCUT2D eigenvalue weighted by molar-refractivity contribution is -0.132. The summed E-state index contributed by atoms with van der Waals surface area (Å²) in [5.74, 6) is 1.98. The molecule has 1 N–H and O–H groups in total. The van der Waals surface area contributed by atoms with Gasteiger partial charge in [-0.05, 0) is 6.42 Å². The summed E-state index contributed by atoms with van der Waals surface area (Å²) < 4.78 is 22.8. The Hall–Kier alpha value is -0.270. The Kier molecular flexibility index (Phi) is 3.76. The van der Waals surface area contributed by atoms with E-state index in [-0.39, 0.29) is 23.5 Å². The second-order valence-electron chi connectivity index (χ2n) is 4.10. The smallest absolute Gasteiger partial charge is 0.240 e. The molecule has 2 heterocycles. The summed E-state index contributed by atoms with van der Waals surface area (Å²) in [6, 6.07) is -0.120. The molecule has 1 unspecified atom stereocenters. The van der Waals surface area contributed by atoms with Crippen molar-refractivity contribution in [2.24, 2.45) is 0 Å². The molecular weight excluding hydrogens is 248 g/mol. The van der Waals surface area contributed by atoms with E-state index in [4.69, 9.17) is 0 Å². The number of hydrogen-bond donors (Lipinski definition) is 1. The normalized spacial score (nSPS) is 30.0. The van der Waals surface area contributed by atoms with Gasteiger partial charge in [0.2, 0.25) is 5.91 Å². The molecule has 2 aliphatic rings. The van der Waals surface area contributed by atoms with Gasteiger partial charge in [-0.25, -0.2) is 8.42 Å². The molecule has 5 nitrogen and oxygen atoms in total. The molecule has 2 fully saturated rings. The van der Waals surface area contributed by atoms with Gasteiger partial charge in [0.25, 0.3) is 0 Å². The third kappa shape index (κ3) is 2.89. The zero-order chi connectivity index (χ0) is 11.6. The van der Waals surface area contributed by atoms with Crippen molar-refractivity contribution in [1.82, 2.24) is 10.2 Å². The van der Waals surface area contributed by atoms with Crippen molar-refractivity contribution in [1.29, 1.82) is 0 Å². The Morgan fingerprint density at radius 3 is 2.81 bits per heavy atom. The monoisotopic (exact) mass is 264 g/mol. The summed E-state index contributed by atoms with van der Waals surface area (Å²) in [6.45, 7) is 0.922. The molecular formula is C9H16N2O3S2. The van der Waals surface area contributed by atoms with Crippen molar-refractivity contribution in [3.63, 3.8) is 0 Å². The lowest BCUT2D eigenvalue weighted by Crippen LogP contribution is -2.45. The van der Waals surface area contributed by atoms with E-state index >= 15 is 0 Å². The van der Waals surface area contributed by atoms with Gasteiger partial charge in [-0.2, -0.15) is 0 Å². The van der Waals surface area contributed by atoms with Gasteiger partial charge in [0.05, 0.1) is 17.5 Å². The first-order valence-corrected chi connectivity index (χ1v) is 8.36. The van der Waals surface area contributed by atoms with Gasteiger partial charge in [0.15, 0.2) is 9.84 Å². The zero-order valence-electron chi connectivity index (χ0n) is 9.02. The Bertz CT molecular complexity index is 363. The summed E-state index contributed by atoms with van der Waals surface area (Å²) in [7, 11) is -2.93. The highest BCUT2D eigenvalue weighted by molar-refractivity contribution is 7.99. The van der Waals surface area contributed by atoms with Gasteiger partial charge in [0.1, 0.15) is 0 Å². The molecule has 16 heavy (non-hydrogen) atoms. The van der Waals surface area contributed by atoms with E-state index in [1.165, 1.54) is 0 Å². The quantitative estimate of drug-likeness (QED) is 0.678.